The van der Waals surface area contributed by atoms with Gasteiger partial charge < -0.3 is 19.5 Å². The summed E-state index contributed by atoms with van der Waals surface area (Å²) in [5, 5.41) is 2.63. The number of nitrogens with one attached hydrogen (secondary N) is 1. The van der Waals surface area contributed by atoms with Crippen molar-refractivity contribution in [2.24, 2.45) is 0 Å². The molecule has 0 heterocycles. The molecule has 9 nitrogen and oxygen atoms in total. The molecule has 0 spiro atoms. The van der Waals surface area contributed by atoms with Gasteiger partial charge in [0.25, 0.3) is 0 Å². The SMILES string of the molecule is COC(=O)c1cccc(NC(=O)[C@@H](C)N(c2ccc(OC)c(OC)c2)S(C)(=O)=O)c1. The number of hydrogen-bond donors (Lipinski definition) is 1. The first-order valence-corrected chi connectivity index (χ1v) is 10.7. The summed E-state index contributed by atoms with van der Waals surface area (Å²) in [5.74, 6) is -0.395. The zero-order valence-corrected chi connectivity index (χ0v) is 18.1. The number of carbonyl (C=O) groups excluding carboxylic acids is 2. The lowest BCUT2D eigenvalue weighted by molar-refractivity contribution is -0.116. The number of anilines is 2. The Bertz CT molecular complexity index is 1040. The molecule has 0 bridgehead atoms. The normalized spacial score (nSPS) is 11.9. The van der Waals surface area contributed by atoms with Crippen LogP contribution in [0.15, 0.2) is 42.5 Å². The summed E-state index contributed by atoms with van der Waals surface area (Å²) in [4.78, 5) is 24.5. The van der Waals surface area contributed by atoms with Crippen molar-refractivity contribution in [2.45, 2.75) is 13.0 Å². The van der Waals surface area contributed by atoms with Crippen LogP contribution < -0.4 is 19.1 Å². The number of rotatable bonds is 8. The van der Waals surface area contributed by atoms with Gasteiger partial charge in [0.05, 0.1) is 38.8 Å². The van der Waals surface area contributed by atoms with Crippen LogP contribution in [0, 0.1) is 0 Å². The average molecular weight is 436 g/mol. The Morgan fingerprint density at radius 1 is 1.00 bits per heavy atom. The van der Waals surface area contributed by atoms with Crippen LogP contribution in [0.2, 0.25) is 0 Å². The highest BCUT2D eigenvalue weighted by atomic mass is 32.2. The van der Waals surface area contributed by atoms with Gasteiger partial charge in [-0.15, -0.1) is 0 Å². The Morgan fingerprint density at radius 2 is 1.67 bits per heavy atom. The van der Waals surface area contributed by atoms with Gasteiger partial charge in [-0.05, 0) is 37.3 Å². The minimum absolute atomic E-state index is 0.237. The molecule has 2 rings (SSSR count). The average Bonchev–Trinajstić information content (AvgIpc) is 2.72. The maximum absolute atomic E-state index is 12.8. The number of amides is 1. The fraction of sp³-hybridized carbons (Fsp3) is 0.300. The molecule has 1 atom stereocenters. The van der Waals surface area contributed by atoms with Crippen LogP contribution in [0.25, 0.3) is 0 Å². The molecule has 10 heteroatoms. The summed E-state index contributed by atoms with van der Waals surface area (Å²) >= 11 is 0. The molecule has 0 unspecified atom stereocenters. The van der Waals surface area contributed by atoms with Crippen LogP contribution in [-0.2, 0) is 19.6 Å². The van der Waals surface area contributed by atoms with Crippen molar-refractivity contribution >= 4 is 33.3 Å². The molecule has 0 fully saturated rings. The van der Waals surface area contributed by atoms with Gasteiger partial charge in [-0.3, -0.25) is 9.10 Å². The second-order valence-corrected chi connectivity index (χ2v) is 8.20. The monoisotopic (exact) mass is 436 g/mol. The summed E-state index contributed by atoms with van der Waals surface area (Å²) in [6, 6.07) is 9.59. The number of sulfonamides is 1. The summed E-state index contributed by atoms with van der Waals surface area (Å²) in [6.45, 7) is 1.46. The number of esters is 1. The van der Waals surface area contributed by atoms with E-state index in [1.165, 1.54) is 52.5 Å². The van der Waals surface area contributed by atoms with Gasteiger partial charge in [-0.2, -0.15) is 0 Å². The van der Waals surface area contributed by atoms with Crippen LogP contribution in [-0.4, -0.2) is 53.9 Å². The van der Waals surface area contributed by atoms with E-state index in [-0.39, 0.29) is 11.3 Å². The second-order valence-electron chi connectivity index (χ2n) is 6.34. The number of carbonyl (C=O) groups is 2. The second kappa shape index (κ2) is 9.49. The Hall–Kier alpha value is -3.27. The van der Waals surface area contributed by atoms with Crippen molar-refractivity contribution in [3.05, 3.63) is 48.0 Å². The third-order valence-electron chi connectivity index (χ3n) is 4.26. The number of benzene rings is 2. The smallest absolute Gasteiger partial charge is 0.337 e. The van der Waals surface area contributed by atoms with Crippen molar-refractivity contribution < 1.29 is 32.2 Å². The first-order valence-electron chi connectivity index (χ1n) is 8.83. The molecular formula is C20H24N2O7S. The van der Waals surface area contributed by atoms with Gasteiger partial charge in [0.1, 0.15) is 6.04 Å². The van der Waals surface area contributed by atoms with E-state index in [2.05, 4.69) is 10.1 Å². The van der Waals surface area contributed by atoms with Crippen LogP contribution >= 0.6 is 0 Å². The molecule has 0 aromatic heterocycles. The molecule has 2 aromatic rings. The predicted molar refractivity (Wildman–Crippen MR) is 113 cm³/mol. The minimum atomic E-state index is -3.82. The van der Waals surface area contributed by atoms with E-state index in [0.29, 0.717) is 17.2 Å². The molecule has 0 saturated carbocycles. The molecule has 1 N–H and O–H groups in total. The summed E-state index contributed by atoms with van der Waals surface area (Å²) in [6.07, 6.45) is 1.01. The van der Waals surface area contributed by atoms with Gasteiger partial charge in [0.2, 0.25) is 15.9 Å². The standard InChI is InChI=1S/C20H24N2O7S/c1-13(19(23)21-15-8-6-7-14(11-15)20(24)29-4)22(30(5,25)26)16-9-10-17(27-2)18(12-16)28-3/h6-13H,1-5H3,(H,21,23)/t13-/m1/s1. The molecule has 0 aliphatic carbocycles. The van der Waals surface area contributed by atoms with Crippen molar-refractivity contribution in [2.75, 3.05) is 37.2 Å². The lowest BCUT2D eigenvalue weighted by atomic mass is 10.2. The lowest BCUT2D eigenvalue weighted by Crippen LogP contribution is -2.45. The minimum Gasteiger partial charge on any atom is -0.493 e. The Labute approximate surface area is 175 Å². The van der Waals surface area contributed by atoms with Crippen LogP contribution in [0.3, 0.4) is 0 Å². The van der Waals surface area contributed by atoms with E-state index in [1.54, 1.807) is 18.2 Å². The predicted octanol–water partition coefficient (Wildman–Crippen LogP) is 2.28. The maximum atomic E-state index is 12.8. The van der Waals surface area contributed by atoms with Crippen molar-refractivity contribution in [1.82, 2.24) is 0 Å². The number of nitrogens with zero attached hydrogens (tertiary/aromatic N) is 1. The number of methoxy groups -OCH3 is 3. The zero-order valence-electron chi connectivity index (χ0n) is 17.3. The molecule has 0 radical (unpaired) electrons. The maximum Gasteiger partial charge on any atom is 0.337 e. The molecule has 30 heavy (non-hydrogen) atoms. The topological polar surface area (TPSA) is 111 Å². The molecule has 0 aliphatic heterocycles. The Morgan fingerprint density at radius 3 is 2.23 bits per heavy atom. The van der Waals surface area contributed by atoms with E-state index in [1.807, 2.05) is 0 Å². The van der Waals surface area contributed by atoms with Crippen molar-refractivity contribution in [3.8, 4) is 11.5 Å². The van der Waals surface area contributed by atoms with E-state index in [4.69, 9.17) is 9.47 Å². The number of ether oxygens (including phenoxy) is 3. The summed E-state index contributed by atoms with van der Waals surface area (Å²) in [5.41, 5.74) is 0.819. The fourth-order valence-electron chi connectivity index (χ4n) is 2.86. The highest BCUT2D eigenvalue weighted by Crippen LogP contribution is 2.33. The Kier molecular flexibility index (Phi) is 7.28. The van der Waals surface area contributed by atoms with Crippen LogP contribution in [0.5, 0.6) is 11.5 Å². The quantitative estimate of drug-likeness (QED) is 0.632. The first kappa shape index (κ1) is 23.0. The van der Waals surface area contributed by atoms with E-state index < -0.39 is 27.9 Å². The first-order chi connectivity index (χ1) is 14.1. The Balaban J connectivity index is 2.35. The van der Waals surface area contributed by atoms with E-state index in [0.717, 1.165) is 10.6 Å². The molecule has 0 aliphatic rings. The molecule has 0 saturated heterocycles. The van der Waals surface area contributed by atoms with Crippen molar-refractivity contribution in [1.29, 1.82) is 0 Å². The van der Waals surface area contributed by atoms with E-state index in [9.17, 15) is 18.0 Å². The highest BCUT2D eigenvalue weighted by Gasteiger charge is 2.30. The van der Waals surface area contributed by atoms with Crippen molar-refractivity contribution in [3.63, 3.8) is 0 Å². The molecule has 1 amide bonds. The molecule has 162 valence electrons. The largest absolute Gasteiger partial charge is 0.493 e. The summed E-state index contributed by atoms with van der Waals surface area (Å²) in [7, 11) is 0.320. The zero-order chi connectivity index (χ0) is 22.5. The lowest BCUT2D eigenvalue weighted by Gasteiger charge is -2.28. The van der Waals surface area contributed by atoms with Gasteiger partial charge >= 0.3 is 5.97 Å². The third kappa shape index (κ3) is 5.20. The van der Waals surface area contributed by atoms with Gasteiger partial charge in [-0.1, -0.05) is 6.07 Å². The van der Waals surface area contributed by atoms with E-state index >= 15 is 0 Å². The summed E-state index contributed by atoms with van der Waals surface area (Å²) < 4.78 is 41.0. The van der Waals surface area contributed by atoms with Crippen LogP contribution in [0.4, 0.5) is 11.4 Å². The van der Waals surface area contributed by atoms with Crippen LogP contribution in [0.1, 0.15) is 17.3 Å². The number of hydrogen-bond acceptors (Lipinski definition) is 7. The molecule has 2 aromatic carbocycles. The van der Waals surface area contributed by atoms with Gasteiger partial charge in [-0.25, -0.2) is 13.2 Å². The third-order valence-corrected chi connectivity index (χ3v) is 5.50. The van der Waals surface area contributed by atoms with Gasteiger partial charge in [0, 0.05) is 11.8 Å². The fourth-order valence-corrected chi connectivity index (χ4v) is 4.03. The highest BCUT2D eigenvalue weighted by molar-refractivity contribution is 7.92. The van der Waals surface area contributed by atoms with Gasteiger partial charge in [0.15, 0.2) is 11.5 Å². The molecular weight excluding hydrogens is 412 g/mol.